The van der Waals surface area contributed by atoms with Crippen LogP contribution in [0.2, 0.25) is 0 Å². The Labute approximate surface area is 187 Å². The fraction of sp³-hybridized carbons (Fsp3) is 0.0870. The highest BCUT2D eigenvalue weighted by atomic mass is 127. The maximum atomic E-state index is 4.89. The van der Waals surface area contributed by atoms with Crippen LogP contribution in [0.3, 0.4) is 0 Å². The first-order chi connectivity index (χ1) is 14.7. The summed E-state index contributed by atoms with van der Waals surface area (Å²) in [4.78, 5) is 14.0. The Bertz CT molecular complexity index is 1350. The molecule has 0 saturated heterocycles. The van der Waals surface area contributed by atoms with E-state index in [2.05, 4.69) is 55.0 Å². The molecule has 0 atom stereocenters. The number of aryl methyl sites for hydroxylation is 1. The largest absolute Gasteiger partial charge is 0.254 e. The number of nitrogens with zero attached hydrogens (tertiary/aromatic N) is 6. The molecule has 0 aliphatic rings. The number of hydrogen-bond donors (Lipinski definition) is 0. The van der Waals surface area contributed by atoms with Crippen molar-refractivity contribution in [1.29, 1.82) is 0 Å². The van der Waals surface area contributed by atoms with E-state index in [9.17, 15) is 0 Å². The normalized spacial score (nSPS) is 11.1. The average molecular weight is 504 g/mol. The Morgan fingerprint density at radius 3 is 2.57 bits per heavy atom. The van der Waals surface area contributed by atoms with Gasteiger partial charge in [0.15, 0.2) is 0 Å². The van der Waals surface area contributed by atoms with Gasteiger partial charge in [0.25, 0.3) is 0 Å². The van der Waals surface area contributed by atoms with Crippen LogP contribution in [0.4, 0.5) is 0 Å². The van der Waals surface area contributed by atoms with Gasteiger partial charge in [0, 0.05) is 15.5 Å². The van der Waals surface area contributed by atoms with Crippen molar-refractivity contribution in [2.24, 2.45) is 0 Å². The van der Waals surface area contributed by atoms with Crippen LogP contribution >= 0.6 is 22.6 Å². The second-order valence-electron chi connectivity index (χ2n) is 6.98. The van der Waals surface area contributed by atoms with Gasteiger partial charge >= 0.3 is 0 Å². The predicted octanol–water partition coefficient (Wildman–Crippen LogP) is 4.91. The third kappa shape index (κ3) is 3.68. The average Bonchev–Trinajstić information content (AvgIpc) is 3.17. The smallest absolute Gasteiger partial charge is 0.141 e. The molecule has 0 aliphatic carbocycles. The first-order valence-electron chi connectivity index (χ1n) is 9.51. The van der Waals surface area contributed by atoms with E-state index < -0.39 is 0 Å². The summed E-state index contributed by atoms with van der Waals surface area (Å²) < 4.78 is 2.94. The summed E-state index contributed by atoms with van der Waals surface area (Å²) >= 11 is 2.25. The summed E-state index contributed by atoms with van der Waals surface area (Å²) in [6.45, 7) is 2.57. The van der Waals surface area contributed by atoms with E-state index in [1.807, 2.05) is 72.4 Å². The third-order valence-corrected chi connectivity index (χ3v) is 5.38. The van der Waals surface area contributed by atoms with Crippen LogP contribution in [0.5, 0.6) is 0 Å². The van der Waals surface area contributed by atoms with Crippen molar-refractivity contribution >= 4 is 33.6 Å². The van der Waals surface area contributed by atoms with Gasteiger partial charge in [0.05, 0.1) is 29.0 Å². The molecular formula is C23H17IN6. The first-order valence-corrected chi connectivity index (χ1v) is 10.6. The lowest BCUT2D eigenvalue weighted by Gasteiger charge is -2.09. The fourth-order valence-electron chi connectivity index (χ4n) is 3.39. The van der Waals surface area contributed by atoms with Crippen molar-refractivity contribution in [3.8, 4) is 22.8 Å². The number of aromatic nitrogens is 6. The summed E-state index contributed by atoms with van der Waals surface area (Å²) in [6, 6.07) is 22.1. The highest BCUT2D eigenvalue weighted by Gasteiger charge is 2.20. The van der Waals surface area contributed by atoms with Gasteiger partial charge in [0.2, 0.25) is 0 Å². The Hall–Kier alpha value is -3.20. The Kier molecular flexibility index (Phi) is 4.96. The van der Waals surface area contributed by atoms with E-state index in [0.717, 1.165) is 48.6 Å². The Balaban J connectivity index is 1.70. The minimum atomic E-state index is 0.597. The van der Waals surface area contributed by atoms with E-state index >= 15 is 0 Å². The van der Waals surface area contributed by atoms with Crippen LogP contribution in [0.15, 0.2) is 72.9 Å². The number of hydrogen-bond acceptors (Lipinski definition) is 5. The van der Waals surface area contributed by atoms with E-state index in [-0.39, 0.29) is 0 Å². The van der Waals surface area contributed by atoms with Crippen LogP contribution < -0.4 is 0 Å². The maximum Gasteiger partial charge on any atom is 0.141 e. The molecule has 6 nitrogen and oxygen atoms in total. The van der Waals surface area contributed by atoms with Crippen molar-refractivity contribution < 1.29 is 0 Å². The zero-order valence-electron chi connectivity index (χ0n) is 16.2. The van der Waals surface area contributed by atoms with E-state index in [1.165, 1.54) is 0 Å². The van der Waals surface area contributed by atoms with Crippen molar-refractivity contribution in [3.05, 3.63) is 87.8 Å². The molecule has 0 aliphatic heterocycles. The number of fused-ring (bicyclic) bond motifs is 1. The highest BCUT2D eigenvalue weighted by Crippen LogP contribution is 2.30. The van der Waals surface area contributed by atoms with Gasteiger partial charge in [0.1, 0.15) is 11.4 Å². The molecule has 146 valence electrons. The molecule has 4 heterocycles. The van der Waals surface area contributed by atoms with E-state index in [4.69, 9.17) is 4.98 Å². The molecule has 7 heteroatoms. The van der Waals surface area contributed by atoms with Crippen LogP contribution in [-0.4, -0.2) is 29.9 Å². The Morgan fingerprint density at radius 1 is 0.867 bits per heavy atom. The lowest BCUT2D eigenvalue weighted by atomic mass is 10.1. The summed E-state index contributed by atoms with van der Waals surface area (Å²) in [7, 11) is 0. The first kappa shape index (κ1) is 18.8. The zero-order chi connectivity index (χ0) is 20.5. The van der Waals surface area contributed by atoms with Crippen LogP contribution in [-0.2, 0) is 6.54 Å². The highest BCUT2D eigenvalue weighted by molar-refractivity contribution is 14.1. The SMILES string of the molecule is Cc1cccc(-c2nnn(Cc3ccccc3)c2-c2ccc3ncc(I)cc3n2)n1. The fourth-order valence-corrected chi connectivity index (χ4v) is 3.83. The standard InChI is InChI=1S/C23H17IN6/c1-15-6-5-9-19(26-15)22-23(30(29-28-22)14-16-7-3-2-4-8-16)20-11-10-18-21(27-20)12-17(24)13-25-18/h2-13H,14H2,1H3. The summed E-state index contributed by atoms with van der Waals surface area (Å²) in [5.74, 6) is 0. The van der Waals surface area contributed by atoms with Gasteiger partial charge in [-0.3, -0.25) is 9.97 Å². The molecule has 0 unspecified atom stereocenters. The topological polar surface area (TPSA) is 69.4 Å². The van der Waals surface area contributed by atoms with Gasteiger partial charge < -0.3 is 0 Å². The van der Waals surface area contributed by atoms with Crippen molar-refractivity contribution in [2.75, 3.05) is 0 Å². The van der Waals surface area contributed by atoms with Crippen molar-refractivity contribution in [1.82, 2.24) is 29.9 Å². The van der Waals surface area contributed by atoms with Gasteiger partial charge in [-0.2, -0.15) is 0 Å². The molecule has 0 saturated carbocycles. The number of benzene rings is 1. The minimum Gasteiger partial charge on any atom is -0.254 e. The van der Waals surface area contributed by atoms with Gasteiger partial charge in [-0.25, -0.2) is 9.67 Å². The molecule has 5 rings (SSSR count). The quantitative estimate of drug-likeness (QED) is 0.326. The molecule has 4 aromatic heterocycles. The summed E-state index contributed by atoms with van der Waals surface area (Å²) in [5, 5.41) is 8.95. The van der Waals surface area contributed by atoms with Crippen molar-refractivity contribution in [3.63, 3.8) is 0 Å². The lowest BCUT2D eigenvalue weighted by Crippen LogP contribution is -2.05. The van der Waals surface area contributed by atoms with Crippen LogP contribution in [0.1, 0.15) is 11.3 Å². The second kappa shape index (κ2) is 7.91. The summed E-state index contributed by atoms with van der Waals surface area (Å²) in [6.07, 6.45) is 1.84. The third-order valence-electron chi connectivity index (χ3n) is 4.79. The van der Waals surface area contributed by atoms with E-state index in [0.29, 0.717) is 6.54 Å². The molecule has 5 aromatic rings. The number of rotatable bonds is 4. The van der Waals surface area contributed by atoms with Crippen LogP contribution in [0.25, 0.3) is 33.8 Å². The Morgan fingerprint density at radius 2 is 1.73 bits per heavy atom. The molecule has 1 aromatic carbocycles. The molecule has 0 N–H and O–H groups in total. The van der Waals surface area contributed by atoms with Gasteiger partial charge in [-0.15, -0.1) is 5.10 Å². The maximum absolute atomic E-state index is 4.89. The molecule has 0 bridgehead atoms. The number of pyridine rings is 3. The molecule has 0 fully saturated rings. The van der Waals surface area contributed by atoms with Crippen LogP contribution in [0, 0.1) is 10.5 Å². The molecule has 0 spiro atoms. The lowest BCUT2D eigenvalue weighted by molar-refractivity contribution is 0.655. The predicted molar refractivity (Wildman–Crippen MR) is 125 cm³/mol. The monoisotopic (exact) mass is 504 g/mol. The minimum absolute atomic E-state index is 0.597. The molecule has 0 radical (unpaired) electrons. The van der Waals surface area contributed by atoms with E-state index in [1.54, 1.807) is 0 Å². The van der Waals surface area contributed by atoms with Gasteiger partial charge in [-0.1, -0.05) is 41.6 Å². The molecule has 30 heavy (non-hydrogen) atoms. The molecule has 0 amide bonds. The zero-order valence-corrected chi connectivity index (χ0v) is 18.4. The second-order valence-corrected chi connectivity index (χ2v) is 8.23. The number of halogens is 1. The summed E-state index contributed by atoms with van der Waals surface area (Å²) in [5.41, 5.74) is 6.92. The molecular weight excluding hydrogens is 487 g/mol. The van der Waals surface area contributed by atoms with Gasteiger partial charge in [-0.05, 0) is 65.4 Å². The van der Waals surface area contributed by atoms with Crippen molar-refractivity contribution in [2.45, 2.75) is 13.5 Å².